The molecule has 1 saturated carbocycles. The summed E-state index contributed by atoms with van der Waals surface area (Å²) in [5.74, 6) is 0.718. The van der Waals surface area contributed by atoms with Gasteiger partial charge in [-0.3, -0.25) is 4.99 Å². The molecule has 0 radical (unpaired) electrons. The molecule has 0 saturated heterocycles. The lowest BCUT2D eigenvalue weighted by molar-refractivity contribution is 0.268. The Morgan fingerprint density at radius 1 is 1.19 bits per heavy atom. The number of aliphatic hydroxyl groups is 1. The summed E-state index contributed by atoms with van der Waals surface area (Å²) in [4.78, 5) is 4.63. The molecule has 0 heterocycles. The number of benzene rings is 2. The van der Waals surface area contributed by atoms with Crippen LogP contribution < -0.4 is 10.6 Å². The van der Waals surface area contributed by atoms with Gasteiger partial charge in [-0.1, -0.05) is 48.5 Å². The minimum absolute atomic E-state index is 0.0341. The van der Waals surface area contributed by atoms with Gasteiger partial charge in [0, 0.05) is 24.4 Å². The quantitative estimate of drug-likeness (QED) is 0.529. The van der Waals surface area contributed by atoms with Crippen LogP contribution in [0, 0.1) is 5.82 Å². The Balaban J connectivity index is 1.62. The predicted octanol–water partition coefficient (Wildman–Crippen LogP) is 3.01. The van der Waals surface area contributed by atoms with Crippen LogP contribution in [0.3, 0.4) is 0 Å². The summed E-state index contributed by atoms with van der Waals surface area (Å²) in [6.07, 6.45) is 0.896. The molecule has 3 rings (SSSR count). The highest BCUT2D eigenvalue weighted by Crippen LogP contribution is 2.41. The number of halogens is 1. The molecule has 0 spiro atoms. The highest BCUT2D eigenvalue weighted by Gasteiger charge is 2.40. The Morgan fingerprint density at radius 3 is 2.62 bits per heavy atom. The van der Waals surface area contributed by atoms with Crippen LogP contribution in [0.2, 0.25) is 0 Å². The molecule has 4 nitrogen and oxygen atoms in total. The Morgan fingerprint density at radius 2 is 1.92 bits per heavy atom. The van der Waals surface area contributed by atoms with Crippen molar-refractivity contribution in [3.8, 4) is 0 Å². The SMILES string of the molecule is CCNC(=NCC(CO)c1ccccc1)NC1CC1c1ccccc1F. The predicted molar refractivity (Wildman–Crippen MR) is 103 cm³/mol. The summed E-state index contributed by atoms with van der Waals surface area (Å²) < 4.78 is 13.9. The molecule has 0 aromatic heterocycles. The summed E-state index contributed by atoms with van der Waals surface area (Å²) >= 11 is 0. The van der Waals surface area contributed by atoms with Gasteiger partial charge in [0.2, 0.25) is 0 Å². The molecule has 5 heteroatoms. The van der Waals surface area contributed by atoms with Gasteiger partial charge in [-0.05, 0) is 30.5 Å². The van der Waals surface area contributed by atoms with Crippen molar-refractivity contribution in [2.45, 2.75) is 31.2 Å². The van der Waals surface area contributed by atoms with E-state index in [1.165, 1.54) is 6.07 Å². The van der Waals surface area contributed by atoms with Crippen molar-refractivity contribution in [3.05, 3.63) is 71.5 Å². The maximum Gasteiger partial charge on any atom is 0.191 e. The molecule has 1 aliphatic rings. The van der Waals surface area contributed by atoms with E-state index < -0.39 is 0 Å². The molecule has 0 amide bonds. The van der Waals surface area contributed by atoms with Crippen LogP contribution in [0.1, 0.15) is 36.3 Å². The van der Waals surface area contributed by atoms with Crippen molar-refractivity contribution in [1.29, 1.82) is 0 Å². The van der Waals surface area contributed by atoms with Crippen LogP contribution in [0.15, 0.2) is 59.6 Å². The van der Waals surface area contributed by atoms with Gasteiger partial charge in [0.05, 0.1) is 13.2 Å². The first-order chi connectivity index (χ1) is 12.7. The van der Waals surface area contributed by atoms with Gasteiger partial charge in [-0.25, -0.2) is 4.39 Å². The Bertz CT molecular complexity index is 735. The van der Waals surface area contributed by atoms with E-state index in [2.05, 4.69) is 15.6 Å². The van der Waals surface area contributed by atoms with Crippen molar-refractivity contribution in [2.75, 3.05) is 19.7 Å². The van der Waals surface area contributed by atoms with Crippen molar-refractivity contribution < 1.29 is 9.50 Å². The second-order valence-corrected chi connectivity index (χ2v) is 6.62. The number of hydrogen-bond acceptors (Lipinski definition) is 2. The Hall–Kier alpha value is -2.40. The minimum atomic E-state index is -0.145. The second-order valence-electron chi connectivity index (χ2n) is 6.62. The highest BCUT2D eigenvalue weighted by molar-refractivity contribution is 5.80. The number of aliphatic hydroxyl groups excluding tert-OH is 1. The van der Waals surface area contributed by atoms with E-state index in [4.69, 9.17) is 0 Å². The first-order valence-corrected chi connectivity index (χ1v) is 9.18. The van der Waals surface area contributed by atoms with E-state index in [-0.39, 0.29) is 30.3 Å². The Kier molecular flexibility index (Phi) is 6.23. The summed E-state index contributed by atoms with van der Waals surface area (Å²) in [7, 11) is 0. The van der Waals surface area contributed by atoms with Crippen molar-refractivity contribution in [3.63, 3.8) is 0 Å². The van der Waals surface area contributed by atoms with Gasteiger partial charge in [0.15, 0.2) is 5.96 Å². The van der Waals surface area contributed by atoms with Gasteiger partial charge in [0.1, 0.15) is 5.82 Å². The van der Waals surface area contributed by atoms with Gasteiger partial charge >= 0.3 is 0 Å². The lowest BCUT2D eigenvalue weighted by Crippen LogP contribution is -2.39. The Labute approximate surface area is 154 Å². The molecule has 3 unspecified atom stereocenters. The summed E-state index contributed by atoms with van der Waals surface area (Å²) in [5, 5.41) is 16.3. The van der Waals surface area contributed by atoms with Crippen molar-refractivity contribution in [2.24, 2.45) is 4.99 Å². The molecular weight excluding hydrogens is 329 g/mol. The van der Waals surface area contributed by atoms with Crippen LogP contribution in [-0.4, -0.2) is 36.8 Å². The number of nitrogens with one attached hydrogen (secondary N) is 2. The summed E-state index contributed by atoms with van der Waals surface area (Å²) in [6.45, 7) is 3.30. The fourth-order valence-corrected chi connectivity index (χ4v) is 3.16. The molecular formula is C21H26FN3O. The number of aliphatic imine (C=N–C) groups is 1. The fourth-order valence-electron chi connectivity index (χ4n) is 3.16. The lowest BCUT2D eigenvalue weighted by Gasteiger charge is -2.15. The first-order valence-electron chi connectivity index (χ1n) is 9.18. The number of rotatable bonds is 7. The molecule has 3 atom stereocenters. The zero-order valence-electron chi connectivity index (χ0n) is 15.0. The van der Waals surface area contributed by atoms with Gasteiger partial charge in [-0.15, -0.1) is 0 Å². The van der Waals surface area contributed by atoms with Gasteiger partial charge < -0.3 is 15.7 Å². The van der Waals surface area contributed by atoms with Crippen LogP contribution >= 0.6 is 0 Å². The normalized spacial score (nSPS) is 20.5. The average molecular weight is 355 g/mol. The van der Waals surface area contributed by atoms with E-state index in [1.54, 1.807) is 6.07 Å². The molecule has 2 aromatic rings. The fraction of sp³-hybridized carbons (Fsp3) is 0.381. The molecule has 26 heavy (non-hydrogen) atoms. The second kappa shape index (κ2) is 8.81. The zero-order valence-corrected chi connectivity index (χ0v) is 15.0. The topological polar surface area (TPSA) is 56.7 Å². The maximum absolute atomic E-state index is 13.9. The largest absolute Gasteiger partial charge is 0.396 e. The third kappa shape index (κ3) is 4.61. The molecule has 138 valence electrons. The average Bonchev–Trinajstić information content (AvgIpc) is 3.42. The third-order valence-electron chi connectivity index (χ3n) is 4.72. The molecule has 0 aliphatic heterocycles. The third-order valence-corrected chi connectivity index (χ3v) is 4.72. The minimum Gasteiger partial charge on any atom is -0.396 e. The molecule has 3 N–H and O–H groups in total. The van der Waals surface area contributed by atoms with E-state index >= 15 is 0 Å². The number of nitrogens with zero attached hydrogens (tertiary/aromatic N) is 1. The van der Waals surface area contributed by atoms with Gasteiger partial charge in [0.25, 0.3) is 0 Å². The van der Waals surface area contributed by atoms with Crippen LogP contribution in [0.5, 0.6) is 0 Å². The standard InChI is InChI=1S/C21H26FN3O/c1-2-23-21(24-13-16(14-26)15-8-4-3-5-9-15)25-20-12-18(20)17-10-6-7-11-19(17)22/h3-11,16,18,20,26H,2,12-14H2,1H3,(H2,23,24,25). The van der Waals surface area contributed by atoms with Crippen LogP contribution in [0.25, 0.3) is 0 Å². The molecule has 1 fully saturated rings. The molecule has 2 aromatic carbocycles. The lowest BCUT2D eigenvalue weighted by atomic mass is 10.0. The smallest absolute Gasteiger partial charge is 0.191 e. The monoisotopic (exact) mass is 355 g/mol. The van der Waals surface area contributed by atoms with Crippen LogP contribution in [-0.2, 0) is 0 Å². The highest BCUT2D eigenvalue weighted by atomic mass is 19.1. The number of hydrogen-bond donors (Lipinski definition) is 3. The molecule has 0 bridgehead atoms. The zero-order chi connectivity index (χ0) is 18.4. The van der Waals surface area contributed by atoms with Crippen molar-refractivity contribution in [1.82, 2.24) is 10.6 Å². The van der Waals surface area contributed by atoms with Gasteiger partial charge in [-0.2, -0.15) is 0 Å². The van der Waals surface area contributed by atoms with E-state index in [0.717, 1.165) is 24.1 Å². The summed E-state index contributed by atoms with van der Waals surface area (Å²) in [5.41, 5.74) is 1.84. The van der Waals surface area contributed by atoms with E-state index in [9.17, 15) is 9.50 Å². The maximum atomic E-state index is 13.9. The van der Waals surface area contributed by atoms with E-state index in [1.807, 2.05) is 49.4 Å². The van der Waals surface area contributed by atoms with Crippen molar-refractivity contribution >= 4 is 5.96 Å². The molecule has 1 aliphatic carbocycles. The summed E-state index contributed by atoms with van der Waals surface area (Å²) in [6, 6.07) is 17.0. The van der Waals surface area contributed by atoms with E-state index in [0.29, 0.717) is 12.5 Å². The number of guanidine groups is 1. The van der Waals surface area contributed by atoms with Crippen LogP contribution in [0.4, 0.5) is 4.39 Å². The first kappa shape index (κ1) is 18.4.